The second-order valence-corrected chi connectivity index (χ2v) is 5.21. The highest BCUT2D eigenvalue weighted by Crippen LogP contribution is 2.13. The van der Waals surface area contributed by atoms with Gasteiger partial charge in [0, 0.05) is 18.7 Å². The molecule has 1 aromatic rings. The molecule has 1 atom stereocenters. The quantitative estimate of drug-likeness (QED) is 0.792. The van der Waals surface area contributed by atoms with Crippen LogP contribution < -0.4 is 5.32 Å². The van der Waals surface area contributed by atoms with Crippen LogP contribution in [0.2, 0.25) is 0 Å². The molecule has 0 saturated carbocycles. The molecule has 1 heterocycles. The number of rotatable bonds is 7. The molecular weight excluding hydrogens is 214 g/mol. The fourth-order valence-corrected chi connectivity index (χ4v) is 1.96. The topological polar surface area (TPSA) is 41.3 Å². The first-order chi connectivity index (χ1) is 8.02. The molecule has 1 N–H and O–H groups in total. The molecular formula is C13H25N3O. The van der Waals surface area contributed by atoms with E-state index in [1.165, 1.54) is 6.42 Å². The van der Waals surface area contributed by atoms with Gasteiger partial charge in [-0.1, -0.05) is 19.0 Å². The number of aromatic nitrogens is 1. The third-order valence-electron chi connectivity index (χ3n) is 2.94. The van der Waals surface area contributed by atoms with Crippen molar-refractivity contribution in [2.75, 3.05) is 14.1 Å². The molecule has 0 radical (unpaired) electrons. The minimum atomic E-state index is 0.563. The smallest absolute Gasteiger partial charge is 0.151 e. The Morgan fingerprint density at radius 1 is 1.41 bits per heavy atom. The van der Waals surface area contributed by atoms with Gasteiger partial charge in [0.15, 0.2) is 5.76 Å². The zero-order valence-electron chi connectivity index (χ0n) is 11.7. The lowest BCUT2D eigenvalue weighted by Gasteiger charge is -2.24. The summed E-state index contributed by atoms with van der Waals surface area (Å²) in [4.78, 5) is 2.31. The van der Waals surface area contributed by atoms with Crippen molar-refractivity contribution in [1.29, 1.82) is 0 Å². The van der Waals surface area contributed by atoms with Gasteiger partial charge in [0.25, 0.3) is 0 Å². The lowest BCUT2D eigenvalue weighted by atomic mass is 10.0. The Bertz CT molecular complexity index is 322. The van der Waals surface area contributed by atoms with E-state index in [1.807, 2.05) is 13.1 Å². The van der Waals surface area contributed by atoms with Gasteiger partial charge in [-0.3, -0.25) is 4.90 Å². The molecule has 4 heteroatoms. The van der Waals surface area contributed by atoms with E-state index in [0.29, 0.717) is 6.04 Å². The Morgan fingerprint density at radius 3 is 2.71 bits per heavy atom. The van der Waals surface area contributed by atoms with Crippen LogP contribution in [0, 0.1) is 5.92 Å². The lowest BCUT2D eigenvalue weighted by Crippen LogP contribution is -2.29. The van der Waals surface area contributed by atoms with Crippen molar-refractivity contribution in [3.63, 3.8) is 0 Å². The van der Waals surface area contributed by atoms with E-state index in [9.17, 15) is 0 Å². The summed E-state index contributed by atoms with van der Waals surface area (Å²) < 4.78 is 5.31. The predicted molar refractivity (Wildman–Crippen MR) is 69.7 cm³/mol. The monoisotopic (exact) mass is 239 g/mol. The van der Waals surface area contributed by atoms with Crippen LogP contribution in [0.5, 0.6) is 0 Å². The van der Waals surface area contributed by atoms with Gasteiger partial charge in [-0.25, -0.2) is 0 Å². The van der Waals surface area contributed by atoms with Crippen molar-refractivity contribution in [1.82, 2.24) is 15.4 Å². The van der Waals surface area contributed by atoms with E-state index in [2.05, 4.69) is 43.2 Å². The molecule has 1 rings (SSSR count). The standard InChI is InChI=1S/C13H25N3O/c1-10(2)6-11(3)16(5)9-13-7-12(8-14-4)15-17-13/h7,10-11,14H,6,8-9H2,1-5H3. The summed E-state index contributed by atoms with van der Waals surface area (Å²) in [6.45, 7) is 8.35. The molecule has 0 fully saturated rings. The molecule has 0 bridgehead atoms. The number of hydrogen-bond acceptors (Lipinski definition) is 4. The Kier molecular flexibility index (Phi) is 5.65. The first kappa shape index (κ1) is 14.2. The second-order valence-electron chi connectivity index (χ2n) is 5.21. The summed E-state index contributed by atoms with van der Waals surface area (Å²) >= 11 is 0. The normalized spacial score (nSPS) is 13.6. The maximum Gasteiger partial charge on any atom is 0.151 e. The van der Waals surface area contributed by atoms with Crippen LogP contribution in [0.25, 0.3) is 0 Å². The minimum absolute atomic E-state index is 0.563. The summed E-state index contributed by atoms with van der Waals surface area (Å²) in [6, 6.07) is 2.59. The predicted octanol–water partition coefficient (Wildman–Crippen LogP) is 2.26. The van der Waals surface area contributed by atoms with Gasteiger partial charge in [0.05, 0.1) is 12.2 Å². The SMILES string of the molecule is CNCc1cc(CN(C)C(C)CC(C)C)on1. The van der Waals surface area contributed by atoms with Crippen LogP contribution in [0.4, 0.5) is 0 Å². The largest absolute Gasteiger partial charge is 0.360 e. The highest BCUT2D eigenvalue weighted by molar-refractivity contribution is 5.05. The third-order valence-corrected chi connectivity index (χ3v) is 2.94. The molecule has 4 nitrogen and oxygen atoms in total. The molecule has 1 aromatic heterocycles. The van der Waals surface area contributed by atoms with Gasteiger partial charge in [-0.05, 0) is 33.4 Å². The third kappa shape index (κ3) is 4.88. The van der Waals surface area contributed by atoms with Gasteiger partial charge in [-0.2, -0.15) is 0 Å². The van der Waals surface area contributed by atoms with E-state index in [4.69, 9.17) is 4.52 Å². The van der Waals surface area contributed by atoms with Gasteiger partial charge >= 0.3 is 0 Å². The molecule has 0 aliphatic rings. The molecule has 0 aromatic carbocycles. The Morgan fingerprint density at radius 2 is 2.12 bits per heavy atom. The van der Waals surface area contributed by atoms with Gasteiger partial charge in [0.1, 0.15) is 0 Å². The average molecular weight is 239 g/mol. The molecule has 0 aliphatic carbocycles. The first-order valence-electron chi connectivity index (χ1n) is 6.32. The van der Waals surface area contributed by atoms with E-state index in [-0.39, 0.29) is 0 Å². The van der Waals surface area contributed by atoms with Gasteiger partial charge in [0.2, 0.25) is 0 Å². The molecule has 0 saturated heterocycles. The summed E-state index contributed by atoms with van der Waals surface area (Å²) in [6.07, 6.45) is 1.20. The molecule has 17 heavy (non-hydrogen) atoms. The van der Waals surface area contributed by atoms with Crippen LogP contribution in [0.15, 0.2) is 10.6 Å². The Hall–Kier alpha value is -0.870. The Labute approximate surface area is 104 Å². The zero-order chi connectivity index (χ0) is 12.8. The minimum Gasteiger partial charge on any atom is -0.360 e. The van der Waals surface area contributed by atoms with Crippen LogP contribution >= 0.6 is 0 Å². The summed E-state index contributed by atoms with van der Waals surface area (Å²) in [5.74, 6) is 1.66. The van der Waals surface area contributed by atoms with Crippen LogP contribution in [0.1, 0.15) is 38.6 Å². The van der Waals surface area contributed by atoms with E-state index >= 15 is 0 Å². The Balaban J connectivity index is 2.46. The van der Waals surface area contributed by atoms with Crippen LogP contribution in [-0.2, 0) is 13.1 Å². The van der Waals surface area contributed by atoms with E-state index in [0.717, 1.165) is 30.5 Å². The fraction of sp³-hybridized carbons (Fsp3) is 0.769. The van der Waals surface area contributed by atoms with Crippen molar-refractivity contribution in [3.8, 4) is 0 Å². The van der Waals surface area contributed by atoms with Crippen molar-refractivity contribution in [2.45, 2.75) is 46.3 Å². The van der Waals surface area contributed by atoms with Gasteiger partial charge < -0.3 is 9.84 Å². The molecule has 1 unspecified atom stereocenters. The highest BCUT2D eigenvalue weighted by atomic mass is 16.5. The fourth-order valence-electron chi connectivity index (χ4n) is 1.96. The van der Waals surface area contributed by atoms with Crippen molar-refractivity contribution < 1.29 is 4.52 Å². The lowest BCUT2D eigenvalue weighted by molar-refractivity contribution is 0.197. The number of nitrogens with zero attached hydrogens (tertiary/aromatic N) is 2. The highest BCUT2D eigenvalue weighted by Gasteiger charge is 2.13. The van der Waals surface area contributed by atoms with E-state index < -0.39 is 0 Å². The first-order valence-corrected chi connectivity index (χ1v) is 6.32. The van der Waals surface area contributed by atoms with E-state index in [1.54, 1.807) is 0 Å². The summed E-state index contributed by atoms with van der Waals surface area (Å²) in [5.41, 5.74) is 0.965. The molecule has 0 amide bonds. The number of nitrogens with one attached hydrogen (secondary N) is 1. The van der Waals surface area contributed by atoms with Crippen molar-refractivity contribution in [2.24, 2.45) is 5.92 Å². The van der Waals surface area contributed by atoms with Crippen molar-refractivity contribution >= 4 is 0 Å². The molecule has 98 valence electrons. The second kappa shape index (κ2) is 6.77. The molecule has 0 spiro atoms. The zero-order valence-corrected chi connectivity index (χ0v) is 11.7. The van der Waals surface area contributed by atoms with Gasteiger partial charge in [-0.15, -0.1) is 0 Å². The maximum atomic E-state index is 5.31. The number of hydrogen-bond donors (Lipinski definition) is 1. The summed E-state index contributed by atoms with van der Waals surface area (Å²) in [5, 5.41) is 7.08. The van der Waals surface area contributed by atoms with Crippen molar-refractivity contribution in [3.05, 3.63) is 17.5 Å². The summed E-state index contributed by atoms with van der Waals surface area (Å²) in [7, 11) is 4.04. The maximum absolute atomic E-state index is 5.31. The van der Waals surface area contributed by atoms with Crippen LogP contribution in [0.3, 0.4) is 0 Å². The molecule has 0 aliphatic heterocycles. The average Bonchev–Trinajstić information content (AvgIpc) is 2.65. The van der Waals surface area contributed by atoms with Crippen LogP contribution in [-0.4, -0.2) is 30.2 Å².